The van der Waals surface area contributed by atoms with Crippen molar-refractivity contribution in [2.24, 2.45) is 5.41 Å². The van der Waals surface area contributed by atoms with Crippen LogP contribution >= 0.6 is 0 Å². The van der Waals surface area contributed by atoms with Crippen LogP contribution in [0.5, 0.6) is 0 Å². The number of esters is 1. The molecule has 2 aliphatic heterocycles. The standard InChI is InChI=1S/C30H40O6/c1-21-25(32-18-22-12-8-6-9-13-22)16-26(33-19-23-14-10-7-11-15-23)27(35-21)30(5)17-24(36-28(30)31)20-34-29(2,3)4/h6-15,21,24-27H,16-20H2,1-5H3/t21-,24-,25-,26-,27-,30-/m1/s1. The molecule has 2 saturated heterocycles. The Morgan fingerprint density at radius 2 is 1.47 bits per heavy atom. The maximum Gasteiger partial charge on any atom is 0.315 e. The van der Waals surface area contributed by atoms with E-state index in [9.17, 15) is 4.79 Å². The van der Waals surface area contributed by atoms with Crippen molar-refractivity contribution in [3.63, 3.8) is 0 Å². The zero-order valence-corrected chi connectivity index (χ0v) is 22.1. The van der Waals surface area contributed by atoms with Crippen molar-refractivity contribution in [2.45, 2.75) is 96.8 Å². The third-order valence-corrected chi connectivity index (χ3v) is 7.02. The van der Waals surface area contributed by atoms with Gasteiger partial charge in [0.15, 0.2) is 0 Å². The Kier molecular flexibility index (Phi) is 8.51. The lowest BCUT2D eigenvalue weighted by molar-refractivity contribution is -0.226. The summed E-state index contributed by atoms with van der Waals surface area (Å²) in [6.45, 7) is 11.3. The maximum atomic E-state index is 13.2. The highest BCUT2D eigenvalue weighted by molar-refractivity contribution is 5.79. The molecule has 0 N–H and O–H groups in total. The molecule has 2 aromatic carbocycles. The minimum Gasteiger partial charge on any atom is -0.459 e. The molecule has 0 spiro atoms. The van der Waals surface area contributed by atoms with Gasteiger partial charge in [0, 0.05) is 12.8 Å². The van der Waals surface area contributed by atoms with Crippen molar-refractivity contribution in [3.8, 4) is 0 Å². The second-order valence-electron chi connectivity index (χ2n) is 11.2. The normalized spacial score (nSPS) is 30.8. The molecular formula is C30H40O6. The predicted molar refractivity (Wildman–Crippen MR) is 137 cm³/mol. The molecule has 0 unspecified atom stereocenters. The molecule has 0 saturated carbocycles. The fourth-order valence-electron chi connectivity index (χ4n) is 4.98. The van der Waals surface area contributed by atoms with Gasteiger partial charge in [0.25, 0.3) is 0 Å². The summed E-state index contributed by atoms with van der Waals surface area (Å²) in [6, 6.07) is 20.2. The van der Waals surface area contributed by atoms with E-state index in [0.29, 0.717) is 32.7 Å². The third kappa shape index (κ3) is 6.74. The van der Waals surface area contributed by atoms with Gasteiger partial charge < -0.3 is 23.7 Å². The summed E-state index contributed by atoms with van der Waals surface area (Å²) in [7, 11) is 0. The summed E-state index contributed by atoms with van der Waals surface area (Å²) in [4.78, 5) is 13.2. The molecule has 0 amide bonds. The summed E-state index contributed by atoms with van der Waals surface area (Å²) in [6.07, 6.45) is -0.241. The number of benzene rings is 2. The lowest BCUT2D eigenvalue weighted by Gasteiger charge is -2.45. The largest absolute Gasteiger partial charge is 0.459 e. The molecule has 0 aromatic heterocycles. The Balaban J connectivity index is 1.48. The summed E-state index contributed by atoms with van der Waals surface area (Å²) in [5.41, 5.74) is 1.06. The molecule has 2 fully saturated rings. The highest BCUT2D eigenvalue weighted by Gasteiger charge is 2.57. The van der Waals surface area contributed by atoms with Crippen LogP contribution in [0.3, 0.4) is 0 Å². The van der Waals surface area contributed by atoms with Gasteiger partial charge in [-0.1, -0.05) is 60.7 Å². The van der Waals surface area contributed by atoms with Gasteiger partial charge in [-0.3, -0.25) is 4.79 Å². The number of carbonyl (C=O) groups is 1. The number of rotatable bonds is 9. The van der Waals surface area contributed by atoms with E-state index in [1.54, 1.807) is 0 Å². The fourth-order valence-corrected chi connectivity index (χ4v) is 4.98. The van der Waals surface area contributed by atoms with Crippen LogP contribution in [0, 0.1) is 5.41 Å². The number of hydrogen-bond acceptors (Lipinski definition) is 6. The molecule has 2 aromatic rings. The Hall–Kier alpha value is -2.25. The number of ether oxygens (including phenoxy) is 5. The van der Waals surface area contributed by atoms with Gasteiger partial charge in [-0.2, -0.15) is 0 Å². The Bertz CT molecular complexity index is 972. The minimum absolute atomic E-state index is 0.150. The van der Waals surface area contributed by atoms with Crippen molar-refractivity contribution in [1.29, 1.82) is 0 Å². The highest BCUT2D eigenvalue weighted by Crippen LogP contribution is 2.44. The summed E-state index contributed by atoms with van der Waals surface area (Å²) in [5, 5.41) is 0. The molecule has 36 heavy (non-hydrogen) atoms. The first-order chi connectivity index (χ1) is 17.1. The first-order valence-corrected chi connectivity index (χ1v) is 13.0. The van der Waals surface area contributed by atoms with Crippen LogP contribution in [-0.2, 0) is 41.7 Å². The molecular weight excluding hydrogens is 456 g/mol. The van der Waals surface area contributed by atoms with E-state index in [-0.39, 0.29) is 36.0 Å². The lowest BCUT2D eigenvalue weighted by Crippen LogP contribution is -2.56. The molecule has 0 aliphatic carbocycles. The Morgan fingerprint density at radius 1 is 0.917 bits per heavy atom. The van der Waals surface area contributed by atoms with Crippen molar-refractivity contribution in [1.82, 2.24) is 0 Å². The van der Waals surface area contributed by atoms with Gasteiger partial charge in [0.05, 0.1) is 49.1 Å². The first kappa shape index (κ1) is 26.8. The van der Waals surface area contributed by atoms with Gasteiger partial charge in [-0.05, 0) is 45.7 Å². The molecule has 6 nitrogen and oxygen atoms in total. The van der Waals surface area contributed by atoms with E-state index in [1.807, 2.05) is 83.1 Å². The van der Waals surface area contributed by atoms with Crippen LogP contribution in [0.25, 0.3) is 0 Å². The Morgan fingerprint density at radius 3 is 2.03 bits per heavy atom. The minimum atomic E-state index is -0.827. The average Bonchev–Trinajstić information content (AvgIpc) is 3.16. The molecule has 2 aliphatic rings. The summed E-state index contributed by atoms with van der Waals surface area (Å²) in [5.74, 6) is -0.251. The molecule has 196 valence electrons. The van der Waals surface area contributed by atoms with Crippen molar-refractivity contribution in [3.05, 3.63) is 71.8 Å². The van der Waals surface area contributed by atoms with E-state index < -0.39 is 11.5 Å². The lowest BCUT2D eigenvalue weighted by atomic mass is 9.76. The highest BCUT2D eigenvalue weighted by atomic mass is 16.6. The van der Waals surface area contributed by atoms with E-state index in [4.69, 9.17) is 23.7 Å². The molecule has 0 bridgehead atoms. The van der Waals surface area contributed by atoms with Crippen molar-refractivity contribution < 1.29 is 28.5 Å². The SMILES string of the molecule is C[C@H]1O[C@@H]([C@@]2(C)C[C@H](COC(C)(C)C)OC2=O)[C@H](OCc2ccccc2)C[C@H]1OCc1ccccc1. The molecule has 6 atom stereocenters. The van der Waals surface area contributed by atoms with Crippen molar-refractivity contribution in [2.75, 3.05) is 6.61 Å². The topological polar surface area (TPSA) is 63.2 Å². The van der Waals surface area contributed by atoms with Crippen LogP contribution in [0.2, 0.25) is 0 Å². The number of hydrogen-bond donors (Lipinski definition) is 0. The number of cyclic esters (lactones) is 1. The zero-order chi connectivity index (χ0) is 25.8. The van der Waals surface area contributed by atoms with Crippen molar-refractivity contribution >= 4 is 5.97 Å². The quantitative estimate of drug-likeness (QED) is 0.429. The van der Waals surface area contributed by atoms with E-state index in [0.717, 1.165) is 11.1 Å². The van der Waals surface area contributed by atoms with Crippen LogP contribution in [0.15, 0.2) is 60.7 Å². The number of carbonyl (C=O) groups excluding carboxylic acids is 1. The van der Waals surface area contributed by atoms with Crippen LogP contribution in [-0.4, -0.2) is 48.7 Å². The average molecular weight is 497 g/mol. The molecule has 0 radical (unpaired) electrons. The molecule has 6 heteroatoms. The van der Waals surface area contributed by atoms with Gasteiger partial charge in [0.1, 0.15) is 12.2 Å². The van der Waals surface area contributed by atoms with Crippen LogP contribution in [0.4, 0.5) is 0 Å². The zero-order valence-electron chi connectivity index (χ0n) is 22.1. The summed E-state index contributed by atoms with van der Waals surface area (Å²) < 4.78 is 31.0. The third-order valence-electron chi connectivity index (χ3n) is 7.02. The second kappa shape index (κ2) is 11.4. The monoisotopic (exact) mass is 496 g/mol. The van der Waals surface area contributed by atoms with E-state index >= 15 is 0 Å². The smallest absolute Gasteiger partial charge is 0.315 e. The predicted octanol–water partition coefficient (Wildman–Crippen LogP) is 5.47. The summed E-state index contributed by atoms with van der Waals surface area (Å²) >= 11 is 0. The van der Waals surface area contributed by atoms with Gasteiger partial charge in [-0.15, -0.1) is 0 Å². The molecule has 2 heterocycles. The fraction of sp³-hybridized carbons (Fsp3) is 0.567. The van der Waals surface area contributed by atoms with Gasteiger partial charge >= 0.3 is 5.97 Å². The maximum absolute atomic E-state index is 13.2. The van der Waals surface area contributed by atoms with E-state index in [1.165, 1.54) is 0 Å². The second-order valence-corrected chi connectivity index (χ2v) is 11.2. The van der Waals surface area contributed by atoms with Gasteiger partial charge in [-0.25, -0.2) is 0 Å². The van der Waals surface area contributed by atoms with Crippen LogP contribution < -0.4 is 0 Å². The van der Waals surface area contributed by atoms with Crippen LogP contribution in [0.1, 0.15) is 58.6 Å². The Labute approximate surface area is 215 Å². The first-order valence-electron chi connectivity index (χ1n) is 13.0. The molecule has 4 rings (SSSR count). The van der Waals surface area contributed by atoms with E-state index in [2.05, 4.69) is 12.1 Å². The van der Waals surface area contributed by atoms with Gasteiger partial charge in [0.2, 0.25) is 0 Å².